The van der Waals surface area contributed by atoms with Crippen LogP contribution in [0.2, 0.25) is 11.5 Å². The molecular weight excluding hydrogens is 327 g/mol. The molecule has 0 aliphatic rings. The Balaban J connectivity index is 2.11. The third kappa shape index (κ3) is 2.86. The monoisotopic (exact) mass is 349 g/mol. The summed E-state index contributed by atoms with van der Waals surface area (Å²) in [6.07, 6.45) is 2.04. The Bertz CT molecular complexity index is 764. The second-order valence-corrected chi connectivity index (χ2v) is 15.4. The molecule has 0 saturated heterocycles. The van der Waals surface area contributed by atoms with Gasteiger partial charge in [0, 0.05) is 0 Å². The Morgan fingerprint density at radius 3 is 2.05 bits per heavy atom. The molecule has 0 saturated carbocycles. The molecule has 2 heteroatoms. The van der Waals surface area contributed by atoms with Crippen molar-refractivity contribution in [1.29, 1.82) is 0 Å². The number of pyridine rings is 1. The quantitative estimate of drug-likeness (QED) is 0.655. The maximum absolute atomic E-state index is 4.65. The van der Waals surface area contributed by atoms with E-state index in [4.69, 9.17) is 0 Å². The first-order valence-corrected chi connectivity index (χ1v) is 14.0. The first-order valence-electron chi connectivity index (χ1n) is 7.67. The van der Waals surface area contributed by atoms with Crippen LogP contribution >= 0.6 is 0 Å². The molecule has 0 bridgehead atoms. The second kappa shape index (κ2) is 6.09. The van der Waals surface area contributed by atoms with E-state index in [0.717, 1.165) is 5.69 Å². The zero-order chi connectivity index (χ0) is 15.6. The molecule has 2 aromatic carbocycles. The third-order valence-corrected chi connectivity index (χ3v) is 12.0. The van der Waals surface area contributed by atoms with Gasteiger partial charge >= 0.3 is 135 Å². The Labute approximate surface area is 135 Å². The molecule has 0 fully saturated rings. The van der Waals surface area contributed by atoms with Crippen LogP contribution in [-0.2, 0) is 0 Å². The zero-order valence-electron chi connectivity index (χ0n) is 13.4. The molecule has 0 aliphatic heterocycles. The number of hydrogen-bond donors (Lipinski definition) is 0. The van der Waals surface area contributed by atoms with Crippen molar-refractivity contribution in [1.82, 2.24) is 4.98 Å². The minimum absolute atomic E-state index is 1.08. The van der Waals surface area contributed by atoms with Gasteiger partial charge in [-0.15, -0.1) is 0 Å². The van der Waals surface area contributed by atoms with Gasteiger partial charge in [0.25, 0.3) is 0 Å². The Morgan fingerprint density at radius 2 is 1.41 bits per heavy atom. The first kappa shape index (κ1) is 15.0. The van der Waals surface area contributed by atoms with E-state index in [2.05, 4.69) is 84.1 Å². The molecule has 1 aromatic heterocycles. The number of aromatic nitrogens is 1. The van der Waals surface area contributed by atoms with E-state index in [9.17, 15) is 0 Å². The summed E-state index contributed by atoms with van der Waals surface area (Å²) in [6, 6.07) is 23.7. The summed E-state index contributed by atoms with van der Waals surface area (Å²) >= 11 is -2.29. The second-order valence-electron chi connectivity index (χ2n) is 6.24. The summed E-state index contributed by atoms with van der Waals surface area (Å²) in [5.74, 6) is 4.93. The number of aryl methyl sites for hydroxylation is 1. The number of nitrogens with zero attached hydrogens (tertiary/aromatic N) is 1. The predicted octanol–water partition coefficient (Wildman–Crippen LogP) is 3.88. The van der Waals surface area contributed by atoms with Crippen LogP contribution in [0.1, 0.15) is 5.56 Å². The van der Waals surface area contributed by atoms with Gasteiger partial charge in [-0.1, -0.05) is 0 Å². The van der Waals surface area contributed by atoms with Crippen molar-refractivity contribution in [3.05, 3.63) is 78.5 Å². The number of rotatable bonds is 3. The Kier molecular flexibility index (Phi) is 4.17. The van der Waals surface area contributed by atoms with Gasteiger partial charge in [0.1, 0.15) is 0 Å². The van der Waals surface area contributed by atoms with Crippen molar-refractivity contribution in [3.63, 3.8) is 0 Å². The molecule has 0 N–H and O–H groups in total. The molecule has 0 atom stereocenters. The van der Waals surface area contributed by atoms with Crippen LogP contribution in [0, 0.1) is 6.92 Å². The Morgan fingerprint density at radius 1 is 0.818 bits per heavy atom. The van der Waals surface area contributed by atoms with Crippen LogP contribution < -0.4 is 8.79 Å². The van der Waals surface area contributed by atoms with E-state index in [-0.39, 0.29) is 0 Å². The molecule has 3 aromatic rings. The average molecular weight is 348 g/mol. The molecule has 22 heavy (non-hydrogen) atoms. The SMILES string of the molecule is Cc1cnc(-c2ccccc2)c[c]1[Ge]([CH3])([CH3])[c]1ccccc1. The average Bonchev–Trinajstić information content (AvgIpc) is 2.57. The van der Waals surface area contributed by atoms with Crippen LogP contribution in [0.4, 0.5) is 0 Å². The van der Waals surface area contributed by atoms with Gasteiger partial charge in [0.15, 0.2) is 0 Å². The molecular formula is C20H21GeN. The topological polar surface area (TPSA) is 12.9 Å². The molecule has 0 radical (unpaired) electrons. The molecule has 3 rings (SSSR count). The summed E-state index contributed by atoms with van der Waals surface area (Å²) in [5.41, 5.74) is 3.58. The van der Waals surface area contributed by atoms with Gasteiger partial charge in [-0.3, -0.25) is 0 Å². The molecule has 1 heterocycles. The summed E-state index contributed by atoms with van der Waals surface area (Å²) in [5, 5.41) is 0. The van der Waals surface area contributed by atoms with Crippen LogP contribution in [0.15, 0.2) is 72.9 Å². The Hall–Kier alpha value is -1.87. The predicted molar refractivity (Wildman–Crippen MR) is 97.6 cm³/mol. The van der Waals surface area contributed by atoms with Crippen molar-refractivity contribution >= 4 is 22.1 Å². The van der Waals surface area contributed by atoms with Crippen LogP contribution in [0.5, 0.6) is 0 Å². The van der Waals surface area contributed by atoms with E-state index in [0.29, 0.717) is 0 Å². The molecule has 1 nitrogen and oxygen atoms in total. The molecule has 0 spiro atoms. The van der Waals surface area contributed by atoms with Gasteiger partial charge in [-0.25, -0.2) is 0 Å². The standard InChI is InChI=1S/C20H21GeN/c1-16-15-22-20(17-10-6-4-7-11-17)14-19(16)21(2,3)18-12-8-5-9-13-18/h4-15H,1-3H3. The van der Waals surface area contributed by atoms with E-state index in [1.807, 2.05) is 12.3 Å². The zero-order valence-corrected chi connectivity index (χ0v) is 15.5. The molecule has 0 amide bonds. The van der Waals surface area contributed by atoms with Gasteiger partial charge < -0.3 is 0 Å². The fourth-order valence-corrected chi connectivity index (χ4v) is 9.03. The molecule has 0 aliphatic carbocycles. The van der Waals surface area contributed by atoms with E-state index in [1.54, 1.807) is 0 Å². The van der Waals surface area contributed by atoms with E-state index >= 15 is 0 Å². The van der Waals surface area contributed by atoms with Gasteiger partial charge in [-0.2, -0.15) is 0 Å². The third-order valence-electron chi connectivity index (χ3n) is 4.34. The van der Waals surface area contributed by atoms with Crippen molar-refractivity contribution in [2.45, 2.75) is 18.4 Å². The summed E-state index contributed by atoms with van der Waals surface area (Å²) in [7, 11) is 0. The molecule has 0 unspecified atom stereocenters. The van der Waals surface area contributed by atoms with Crippen molar-refractivity contribution in [2.24, 2.45) is 0 Å². The van der Waals surface area contributed by atoms with Gasteiger partial charge in [0.2, 0.25) is 0 Å². The van der Waals surface area contributed by atoms with E-state index in [1.165, 1.54) is 19.9 Å². The van der Waals surface area contributed by atoms with Gasteiger partial charge in [-0.05, 0) is 0 Å². The summed E-state index contributed by atoms with van der Waals surface area (Å²) < 4.78 is 3.02. The van der Waals surface area contributed by atoms with Crippen LogP contribution in [0.3, 0.4) is 0 Å². The normalized spacial score (nSPS) is 11.4. The summed E-state index contributed by atoms with van der Waals surface area (Å²) in [6.45, 7) is 2.19. The molecule has 110 valence electrons. The van der Waals surface area contributed by atoms with Crippen molar-refractivity contribution in [2.75, 3.05) is 0 Å². The summed E-state index contributed by atoms with van der Waals surface area (Å²) in [4.78, 5) is 4.65. The number of hydrogen-bond acceptors (Lipinski definition) is 1. The van der Waals surface area contributed by atoms with E-state index < -0.39 is 13.3 Å². The van der Waals surface area contributed by atoms with Crippen LogP contribution in [-0.4, -0.2) is 18.3 Å². The fourth-order valence-electron chi connectivity index (χ4n) is 2.97. The first-order chi connectivity index (χ1) is 10.6. The van der Waals surface area contributed by atoms with Crippen molar-refractivity contribution in [3.8, 4) is 11.3 Å². The van der Waals surface area contributed by atoms with Crippen LogP contribution in [0.25, 0.3) is 11.3 Å². The minimum atomic E-state index is -2.29. The van der Waals surface area contributed by atoms with Crippen molar-refractivity contribution < 1.29 is 0 Å². The fraction of sp³-hybridized carbons (Fsp3) is 0.150. The van der Waals surface area contributed by atoms with Gasteiger partial charge in [0.05, 0.1) is 0 Å². The maximum atomic E-state index is 4.65. The number of benzene rings is 2.